The third-order valence-corrected chi connectivity index (χ3v) is 8.77. The van der Waals surface area contributed by atoms with E-state index in [2.05, 4.69) is 21.2 Å². The second kappa shape index (κ2) is 9.94. The molecule has 4 rings (SSSR count). The first-order chi connectivity index (χ1) is 17.0. The van der Waals surface area contributed by atoms with Crippen molar-refractivity contribution in [1.29, 1.82) is 0 Å². The Morgan fingerprint density at radius 3 is 2.61 bits per heavy atom. The number of aromatic nitrogens is 1. The molecule has 4 N–H and O–H groups in total. The Bertz CT molecular complexity index is 1650. The highest BCUT2D eigenvalue weighted by atomic mass is 35.5. The fourth-order valence-electron chi connectivity index (χ4n) is 3.66. The third-order valence-electron chi connectivity index (χ3n) is 5.39. The Morgan fingerprint density at radius 2 is 1.97 bits per heavy atom. The molecule has 188 valence electrons. The van der Waals surface area contributed by atoms with E-state index in [9.17, 15) is 23.3 Å². The zero-order valence-corrected chi connectivity index (χ0v) is 21.6. The summed E-state index contributed by atoms with van der Waals surface area (Å²) in [4.78, 5) is 25.7. The van der Waals surface area contributed by atoms with Crippen LogP contribution in [0.5, 0.6) is 0 Å². The fourth-order valence-corrected chi connectivity index (χ4v) is 6.25. The van der Waals surface area contributed by atoms with Gasteiger partial charge in [-0.2, -0.15) is 0 Å². The van der Waals surface area contributed by atoms with Gasteiger partial charge in [-0.15, -0.1) is 11.3 Å². The monoisotopic (exact) mass is 548 g/mol. The molecule has 12 heteroatoms. The maximum Gasteiger partial charge on any atom is 0.330 e. The molecule has 0 aliphatic rings. The van der Waals surface area contributed by atoms with Crippen LogP contribution in [0, 0.1) is 5.82 Å². The normalized spacial score (nSPS) is 13.7. The summed E-state index contributed by atoms with van der Waals surface area (Å²) in [6.07, 6.45) is 0.522. The molecular formula is C24H22ClFN4O4S2. The van der Waals surface area contributed by atoms with Gasteiger partial charge in [-0.05, 0) is 66.7 Å². The molecule has 0 saturated carbocycles. The standard InChI is InChI=1S/C24H22ClFN4O4S2/c1-13(31)16-11-15(28-24(33)29-36(3,34)22-7-6-21(25)35-22)4-5-20(16)30-9-8-14-10-19(27-2)18(26)12-17(14)23(30)32/h4-13,27,31H,3H2,1-2H3,(H2,28,29,33,34). The lowest BCUT2D eigenvalue weighted by atomic mass is 10.1. The molecule has 2 unspecified atom stereocenters. The van der Waals surface area contributed by atoms with E-state index in [-0.39, 0.29) is 16.8 Å². The number of carbonyl (C=O) groups is 1. The van der Waals surface area contributed by atoms with Crippen LogP contribution >= 0.6 is 22.9 Å². The number of aliphatic hydroxyl groups excluding tert-OH is 1. The number of nitrogens with zero attached hydrogens (tertiary/aromatic N) is 1. The fraction of sp³-hybridized carbons (Fsp3) is 0.125. The van der Waals surface area contributed by atoms with Gasteiger partial charge in [-0.3, -0.25) is 14.1 Å². The molecule has 8 nitrogen and oxygen atoms in total. The number of halogens is 2. The highest BCUT2D eigenvalue weighted by Crippen LogP contribution is 2.28. The molecule has 2 heterocycles. The molecule has 0 aliphatic carbocycles. The van der Waals surface area contributed by atoms with Crippen molar-refractivity contribution in [2.45, 2.75) is 17.2 Å². The summed E-state index contributed by atoms with van der Waals surface area (Å²) in [6, 6.07) is 11.2. The van der Waals surface area contributed by atoms with Crippen LogP contribution in [0.2, 0.25) is 4.34 Å². The number of benzene rings is 2. The number of carbonyl (C=O) groups excluding carboxylic acids is 1. The zero-order chi connectivity index (χ0) is 26.2. The predicted molar refractivity (Wildman–Crippen MR) is 145 cm³/mol. The maximum atomic E-state index is 14.3. The average molecular weight is 549 g/mol. The summed E-state index contributed by atoms with van der Waals surface area (Å²) in [5, 5.41) is 16.4. The van der Waals surface area contributed by atoms with Gasteiger partial charge >= 0.3 is 6.03 Å². The van der Waals surface area contributed by atoms with Crippen molar-refractivity contribution < 1.29 is 18.5 Å². The summed E-state index contributed by atoms with van der Waals surface area (Å²) >= 11 is 6.92. The number of pyridine rings is 1. The zero-order valence-electron chi connectivity index (χ0n) is 19.2. The van der Waals surface area contributed by atoms with E-state index in [0.29, 0.717) is 25.2 Å². The van der Waals surface area contributed by atoms with Gasteiger partial charge in [-0.1, -0.05) is 11.6 Å². The largest absolute Gasteiger partial charge is 0.389 e. The number of amides is 2. The number of hydrogen-bond donors (Lipinski definition) is 4. The van der Waals surface area contributed by atoms with Crippen molar-refractivity contribution in [1.82, 2.24) is 9.29 Å². The van der Waals surface area contributed by atoms with Gasteiger partial charge in [0, 0.05) is 24.5 Å². The summed E-state index contributed by atoms with van der Waals surface area (Å²) in [5.41, 5.74) is 0.773. The molecule has 0 saturated heterocycles. The Hall–Kier alpha value is -3.38. The van der Waals surface area contributed by atoms with E-state index >= 15 is 0 Å². The van der Waals surface area contributed by atoms with Crippen molar-refractivity contribution in [3.05, 3.63) is 80.8 Å². The number of urea groups is 1. The smallest absolute Gasteiger partial charge is 0.330 e. The van der Waals surface area contributed by atoms with Crippen molar-refractivity contribution in [2.75, 3.05) is 17.7 Å². The number of thiophene rings is 1. The van der Waals surface area contributed by atoms with E-state index in [0.717, 1.165) is 11.3 Å². The number of anilines is 2. The van der Waals surface area contributed by atoms with Crippen LogP contribution in [-0.4, -0.2) is 32.8 Å². The number of rotatable bonds is 6. The molecule has 2 aromatic heterocycles. The molecule has 2 amide bonds. The molecular weight excluding hydrogens is 527 g/mol. The van der Waals surface area contributed by atoms with Gasteiger partial charge in [0.2, 0.25) is 0 Å². The Morgan fingerprint density at radius 1 is 1.22 bits per heavy atom. The molecule has 0 bridgehead atoms. The first-order valence-corrected chi connectivity index (χ1v) is 13.5. The van der Waals surface area contributed by atoms with Crippen LogP contribution in [0.1, 0.15) is 18.6 Å². The summed E-state index contributed by atoms with van der Waals surface area (Å²) < 4.78 is 31.5. The van der Waals surface area contributed by atoms with E-state index in [4.69, 9.17) is 11.6 Å². The minimum Gasteiger partial charge on any atom is -0.389 e. The second-order valence-corrected chi connectivity index (χ2v) is 11.9. The number of hydrogen-bond acceptors (Lipinski definition) is 6. The summed E-state index contributed by atoms with van der Waals surface area (Å²) in [5.74, 6) is 3.02. The molecule has 0 radical (unpaired) electrons. The van der Waals surface area contributed by atoms with Crippen LogP contribution < -0.4 is 20.9 Å². The van der Waals surface area contributed by atoms with Crippen molar-refractivity contribution in [2.24, 2.45) is 0 Å². The van der Waals surface area contributed by atoms with E-state index in [1.165, 1.54) is 42.0 Å². The Balaban J connectivity index is 1.66. The molecule has 4 aromatic rings. The minimum absolute atomic E-state index is 0.172. The summed E-state index contributed by atoms with van der Waals surface area (Å²) in [7, 11) is -1.54. The van der Waals surface area contributed by atoms with Gasteiger partial charge in [0.15, 0.2) is 0 Å². The molecule has 36 heavy (non-hydrogen) atoms. The van der Waals surface area contributed by atoms with Crippen LogP contribution in [0.4, 0.5) is 20.6 Å². The molecule has 0 aliphatic heterocycles. The molecule has 0 spiro atoms. The SMILES string of the molecule is C=S(=O)(NC(=O)Nc1ccc(-n2ccc3cc(NC)c(F)cc3c2=O)c(C(C)O)c1)c1ccc(Cl)s1. The third kappa shape index (κ3) is 5.09. The van der Waals surface area contributed by atoms with E-state index in [1.807, 2.05) is 0 Å². The van der Waals surface area contributed by atoms with Crippen molar-refractivity contribution in [3.8, 4) is 5.69 Å². The first-order valence-electron chi connectivity index (χ1n) is 10.6. The van der Waals surface area contributed by atoms with Gasteiger partial charge in [0.25, 0.3) is 5.56 Å². The van der Waals surface area contributed by atoms with Crippen molar-refractivity contribution >= 4 is 66.7 Å². The maximum absolute atomic E-state index is 14.3. The number of aliphatic hydroxyl groups is 1. The quantitative estimate of drug-likeness (QED) is 0.260. The summed E-state index contributed by atoms with van der Waals surface area (Å²) in [6.45, 7) is 1.51. The van der Waals surface area contributed by atoms with Crippen LogP contribution in [0.15, 0.2) is 63.7 Å². The highest BCUT2D eigenvalue weighted by Gasteiger charge is 2.17. The van der Waals surface area contributed by atoms with E-state index in [1.54, 1.807) is 31.3 Å². The van der Waals surface area contributed by atoms with Crippen molar-refractivity contribution in [3.63, 3.8) is 0 Å². The Labute approximate surface area is 215 Å². The second-order valence-electron chi connectivity index (χ2n) is 7.90. The molecule has 2 atom stereocenters. The first kappa shape index (κ1) is 25.7. The van der Waals surface area contributed by atoms with Crippen LogP contribution in [0.25, 0.3) is 16.5 Å². The highest BCUT2D eigenvalue weighted by molar-refractivity contribution is 8.00. The Kier molecular flexibility index (Phi) is 7.10. The lowest BCUT2D eigenvalue weighted by Gasteiger charge is -2.17. The lowest BCUT2D eigenvalue weighted by molar-refractivity contribution is 0.199. The lowest BCUT2D eigenvalue weighted by Crippen LogP contribution is -2.33. The molecule has 2 aromatic carbocycles. The van der Waals surface area contributed by atoms with E-state index < -0.39 is 33.2 Å². The van der Waals surface area contributed by atoms with Crippen LogP contribution in [0.3, 0.4) is 0 Å². The topological polar surface area (TPSA) is 112 Å². The van der Waals surface area contributed by atoms with Gasteiger partial charge < -0.3 is 15.7 Å². The van der Waals surface area contributed by atoms with Gasteiger partial charge in [0.05, 0.1) is 36.9 Å². The van der Waals surface area contributed by atoms with Crippen LogP contribution in [-0.2, 0) is 9.71 Å². The number of nitrogens with one attached hydrogen (secondary N) is 3. The van der Waals surface area contributed by atoms with Gasteiger partial charge in [-0.25, -0.2) is 13.4 Å². The number of fused-ring (bicyclic) bond motifs is 1. The van der Waals surface area contributed by atoms with Gasteiger partial charge in [0.1, 0.15) is 10.0 Å². The minimum atomic E-state index is -3.13. The predicted octanol–water partition coefficient (Wildman–Crippen LogP) is 4.75. The average Bonchev–Trinajstić information content (AvgIpc) is 3.26. The molecule has 0 fully saturated rings.